The summed E-state index contributed by atoms with van der Waals surface area (Å²) in [5.41, 5.74) is 0.784. The Kier molecular flexibility index (Phi) is 7.22. The van der Waals surface area contributed by atoms with Gasteiger partial charge in [-0.3, -0.25) is 0 Å². The number of nitrogens with zero attached hydrogens (tertiary/aromatic N) is 3. The van der Waals surface area contributed by atoms with Gasteiger partial charge in [0.05, 0.1) is 11.4 Å². The number of hydrogen-bond acceptors (Lipinski definition) is 5. The Hall–Kier alpha value is -2.72. The monoisotopic (exact) mass is 434 g/mol. The first-order chi connectivity index (χ1) is 14.4. The average Bonchev–Trinajstić information content (AvgIpc) is 3.21. The largest absolute Gasteiger partial charge is 0.357 e. The van der Waals surface area contributed by atoms with Gasteiger partial charge in [0.15, 0.2) is 17.6 Å². The number of sulfonamides is 1. The first-order valence-electron chi connectivity index (χ1n) is 9.85. The minimum atomic E-state index is -3.50. The number of anilines is 1. The van der Waals surface area contributed by atoms with Crippen LogP contribution in [0.2, 0.25) is 0 Å². The lowest BCUT2D eigenvalue weighted by Gasteiger charge is -2.20. The molecule has 1 saturated heterocycles. The van der Waals surface area contributed by atoms with Crippen molar-refractivity contribution in [1.29, 1.82) is 0 Å². The minimum Gasteiger partial charge on any atom is -0.357 e. The van der Waals surface area contributed by atoms with Gasteiger partial charge in [-0.2, -0.15) is 0 Å². The van der Waals surface area contributed by atoms with Crippen LogP contribution in [0.1, 0.15) is 18.9 Å². The Labute approximate surface area is 176 Å². The zero-order valence-electron chi connectivity index (χ0n) is 17.1. The standard InChI is InChI=1S/C20H27FN6O2S/c1-3-23-20(25-13-15-6-4-7-17(12-15)30(28,29)22-2)26-16-9-11-27(14-16)19-18(21)8-5-10-24-19/h4-8,10,12,16,22H,3,9,11,13-14H2,1-2H3,(H2,23,25,26). The van der Waals surface area contributed by atoms with Gasteiger partial charge in [0.25, 0.3) is 0 Å². The van der Waals surface area contributed by atoms with Gasteiger partial charge in [-0.05, 0) is 50.2 Å². The SMILES string of the molecule is CCNC(=NCc1cccc(S(=O)(=O)NC)c1)NC1CCN(c2ncccc2F)C1. The van der Waals surface area contributed by atoms with Crippen molar-refractivity contribution in [3.8, 4) is 0 Å². The van der Waals surface area contributed by atoms with E-state index in [1.54, 1.807) is 30.5 Å². The first kappa shape index (κ1) is 22.0. The van der Waals surface area contributed by atoms with Crippen LogP contribution in [0.4, 0.5) is 10.2 Å². The molecule has 10 heteroatoms. The summed E-state index contributed by atoms with van der Waals surface area (Å²) in [7, 11) is -2.11. The molecule has 1 atom stereocenters. The van der Waals surface area contributed by atoms with Gasteiger partial charge in [-0.25, -0.2) is 27.5 Å². The van der Waals surface area contributed by atoms with Gasteiger partial charge < -0.3 is 15.5 Å². The average molecular weight is 435 g/mol. The third-order valence-corrected chi connectivity index (χ3v) is 6.22. The molecular weight excluding hydrogens is 407 g/mol. The van der Waals surface area contributed by atoms with Crippen LogP contribution in [0.15, 0.2) is 52.5 Å². The lowest BCUT2D eigenvalue weighted by Crippen LogP contribution is -2.44. The van der Waals surface area contributed by atoms with Gasteiger partial charge in [0, 0.05) is 31.9 Å². The summed E-state index contributed by atoms with van der Waals surface area (Å²) in [6.07, 6.45) is 2.42. The predicted octanol–water partition coefficient (Wildman–Crippen LogP) is 1.46. The molecule has 3 N–H and O–H groups in total. The maximum absolute atomic E-state index is 14.0. The first-order valence-corrected chi connectivity index (χ1v) is 11.3. The normalized spacial score (nSPS) is 17.2. The third-order valence-electron chi connectivity index (χ3n) is 4.81. The molecule has 0 spiro atoms. The summed E-state index contributed by atoms with van der Waals surface area (Å²) in [4.78, 5) is 10.9. The Morgan fingerprint density at radius 3 is 2.90 bits per heavy atom. The highest BCUT2D eigenvalue weighted by Gasteiger charge is 2.26. The Morgan fingerprint density at radius 1 is 1.33 bits per heavy atom. The van der Waals surface area contributed by atoms with E-state index in [2.05, 4.69) is 25.3 Å². The molecule has 1 unspecified atom stereocenters. The van der Waals surface area contributed by atoms with E-state index in [0.29, 0.717) is 38.0 Å². The predicted molar refractivity (Wildman–Crippen MR) is 115 cm³/mol. The zero-order chi connectivity index (χ0) is 21.6. The molecule has 1 fully saturated rings. The number of pyridine rings is 1. The maximum Gasteiger partial charge on any atom is 0.240 e. The van der Waals surface area contributed by atoms with Crippen molar-refractivity contribution in [3.05, 3.63) is 54.0 Å². The second kappa shape index (κ2) is 9.86. The van der Waals surface area contributed by atoms with E-state index < -0.39 is 10.0 Å². The number of aliphatic imine (C=N–C) groups is 1. The summed E-state index contributed by atoms with van der Waals surface area (Å²) in [6.45, 7) is 4.31. The second-order valence-electron chi connectivity index (χ2n) is 6.93. The molecule has 2 aromatic rings. The van der Waals surface area contributed by atoms with Crippen LogP contribution in [0, 0.1) is 5.82 Å². The molecule has 0 saturated carbocycles. The molecule has 0 radical (unpaired) electrons. The van der Waals surface area contributed by atoms with E-state index in [1.807, 2.05) is 17.9 Å². The number of benzene rings is 1. The van der Waals surface area contributed by atoms with Crippen LogP contribution in [-0.2, 0) is 16.6 Å². The number of hydrogen-bond donors (Lipinski definition) is 3. The van der Waals surface area contributed by atoms with E-state index >= 15 is 0 Å². The number of nitrogens with one attached hydrogen (secondary N) is 3. The molecule has 8 nitrogen and oxygen atoms in total. The van der Waals surface area contributed by atoms with E-state index in [9.17, 15) is 12.8 Å². The second-order valence-corrected chi connectivity index (χ2v) is 8.82. The molecule has 0 bridgehead atoms. The summed E-state index contributed by atoms with van der Waals surface area (Å²) in [6, 6.07) is 9.79. The Bertz CT molecular complexity index is 998. The summed E-state index contributed by atoms with van der Waals surface area (Å²) in [5, 5.41) is 6.58. The van der Waals surface area contributed by atoms with Crippen molar-refractivity contribution in [1.82, 2.24) is 20.3 Å². The van der Waals surface area contributed by atoms with Crippen molar-refractivity contribution in [2.75, 3.05) is 31.6 Å². The Balaban J connectivity index is 1.66. The third kappa shape index (κ3) is 5.45. The van der Waals surface area contributed by atoms with Gasteiger partial charge in [0.2, 0.25) is 10.0 Å². The van der Waals surface area contributed by atoms with Gasteiger partial charge in [-0.1, -0.05) is 12.1 Å². The van der Waals surface area contributed by atoms with Crippen LogP contribution in [0.5, 0.6) is 0 Å². The van der Waals surface area contributed by atoms with E-state index in [4.69, 9.17) is 0 Å². The van der Waals surface area contributed by atoms with Crippen molar-refractivity contribution >= 4 is 21.8 Å². The fraction of sp³-hybridized carbons (Fsp3) is 0.400. The van der Waals surface area contributed by atoms with Crippen molar-refractivity contribution in [3.63, 3.8) is 0 Å². The van der Waals surface area contributed by atoms with Crippen LogP contribution in [-0.4, -0.2) is 52.1 Å². The molecule has 3 rings (SSSR count). The van der Waals surface area contributed by atoms with Gasteiger partial charge >= 0.3 is 0 Å². The summed E-state index contributed by atoms with van der Waals surface area (Å²) >= 11 is 0. The Morgan fingerprint density at radius 2 is 2.17 bits per heavy atom. The summed E-state index contributed by atoms with van der Waals surface area (Å²) < 4.78 is 40.3. The van der Waals surface area contributed by atoms with Crippen LogP contribution < -0.4 is 20.3 Å². The van der Waals surface area contributed by atoms with Crippen LogP contribution in [0.25, 0.3) is 0 Å². The molecule has 30 heavy (non-hydrogen) atoms. The van der Waals surface area contributed by atoms with Crippen LogP contribution in [0.3, 0.4) is 0 Å². The number of aromatic nitrogens is 1. The number of halogens is 1. The molecule has 1 aromatic heterocycles. The zero-order valence-corrected chi connectivity index (χ0v) is 17.9. The van der Waals surface area contributed by atoms with Gasteiger partial charge in [-0.15, -0.1) is 0 Å². The topological polar surface area (TPSA) is 98.7 Å². The van der Waals surface area contributed by atoms with Crippen molar-refractivity contribution in [2.24, 2.45) is 4.99 Å². The fourth-order valence-electron chi connectivity index (χ4n) is 3.29. The molecule has 162 valence electrons. The van der Waals surface area contributed by atoms with Gasteiger partial charge in [0.1, 0.15) is 0 Å². The fourth-order valence-corrected chi connectivity index (χ4v) is 4.09. The highest BCUT2D eigenvalue weighted by molar-refractivity contribution is 7.89. The molecule has 1 aliphatic heterocycles. The maximum atomic E-state index is 14.0. The quantitative estimate of drug-likeness (QED) is 0.451. The molecule has 0 amide bonds. The van der Waals surface area contributed by atoms with E-state index in [-0.39, 0.29) is 16.8 Å². The van der Waals surface area contributed by atoms with Crippen molar-refractivity contribution in [2.45, 2.75) is 30.8 Å². The molecule has 1 aromatic carbocycles. The van der Waals surface area contributed by atoms with Crippen LogP contribution >= 0.6 is 0 Å². The molecule has 1 aliphatic rings. The highest BCUT2D eigenvalue weighted by Crippen LogP contribution is 2.20. The summed E-state index contributed by atoms with van der Waals surface area (Å²) in [5.74, 6) is 0.675. The van der Waals surface area contributed by atoms with Crippen molar-refractivity contribution < 1.29 is 12.8 Å². The molecule has 0 aliphatic carbocycles. The minimum absolute atomic E-state index is 0.0974. The number of guanidine groups is 1. The number of rotatable bonds is 7. The van der Waals surface area contributed by atoms with E-state index in [0.717, 1.165) is 12.0 Å². The lowest BCUT2D eigenvalue weighted by atomic mass is 10.2. The lowest BCUT2D eigenvalue weighted by molar-refractivity contribution is 0.588. The smallest absolute Gasteiger partial charge is 0.240 e. The molecule has 2 heterocycles. The van der Waals surface area contributed by atoms with E-state index in [1.165, 1.54) is 13.1 Å². The highest BCUT2D eigenvalue weighted by atomic mass is 32.2. The molecular formula is C20H27FN6O2S.